The van der Waals surface area contributed by atoms with Gasteiger partial charge in [-0.3, -0.25) is 9.69 Å². The number of pyridine rings is 1. The number of hydrogen-bond acceptors (Lipinski definition) is 4. The first-order chi connectivity index (χ1) is 9.22. The van der Waals surface area contributed by atoms with Gasteiger partial charge in [0.25, 0.3) is 0 Å². The van der Waals surface area contributed by atoms with Gasteiger partial charge in [0.1, 0.15) is 5.65 Å². The Labute approximate surface area is 112 Å². The largest absolute Gasteiger partial charge is 0.465 e. The van der Waals surface area contributed by atoms with Gasteiger partial charge in [-0.25, -0.2) is 4.98 Å². The Morgan fingerprint density at radius 2 is 2.26 bits per heavy atom. The number of esters is 1. The number of rotatable bonds is 6. The highest BCUT2D eigenvalue weighted by atomic mass is 16.5. The maximum Gasteiger partial charge on any atom is 0.320 e. The van der Waals surface area contributed by atoms with Crippen LogP contribution in [0.1, 0.15) is 19.5 Å². The lowest BCUT2D eigenvalue weighted by molar-refractivity contribution is -0.144. The fourth-order valence-electron chi connectivity index (χ4n) is 1.96. The Kier molecular flexibility index (Phi) is 4.52. The van der Waals surface area contributed by atoms with E-state index < -0.39 is 0 Å². The summed E-state index contributed by atoms with van der Waals surface area (Å²) in [5, 5.41) is 0. The van der Waals surface area contributed by atoms with Crippen LogP contribution in [0.4, 0.5) is 0 Å². The zero-order valence-electron chi connectivity index (χ0n) is 11.4. The molecule has 0 spiro atoms. The Bertz CT molecular complexity index is 517. The molecule has 0 aliphatic carbocycles. The van der Waals surface area contributed by atoms with E-state index in [1.54, 1.807) is 0 Å². The molecule has 0 aliphatic rings. The summed E-state index contributed by atoms with van der Waals surface area (Å²) in [7, 11) is 0. The number of carbonyl (C=O) groups excluding carboxylic acids is 1. The van der Waals surface area contributed by atoms with Crippen molar-refractivity contribution in [1.82, 2.24) is 14.3 Å². The summed E-state index contributed by atoms with van der Waals surface area (Å²) >= 11 is 0. The average molecular weight is 261 g/mol. The summed E-state index contributed by atoms with van der Waals surface area (Å²) in [5.41, 5.74) is 1.88. The summed E-state index contributed by atoms with van der Waals surface area (Å²) in [5.74, 6) is -0.187. The molecule has 5 heteroatoms. The van der Waals surface area contributed by atoms with Crippen molar-refractivity contribution in [3.63, 3.8) is 0 Å². The van der Waals surface area contributed by atoms with Gasteiger partial charge in [-0.1, -0.05) is 13.0 Å². The van der Waals surface area contributed by atoms with Crippen molar-refractivity contribution in [1.29, 1.82) is 0 Å². The van der Waals surface area contributed by atoms with E-state index in [4.69, 9.17) is 4.74 Å². The number of fused-ring (bicyclic) bond motifs is 1. The summed E-state index contributed by atoms with van der Waals surface area (Å²) in [6.07, 6.45) is 3.95. The fourth-order valence-corrected chi connectivity index (χ4v) is 1.96. The molecule has 19 heavy (non-hydrogen) atoms. The van der Waals surface area contributed by atoms with E-state index in [0.29, 0.717) is 19.7 Å². The van der Waals surface area contributed by atoms with Gasteiger partial charge in [0.05, 0.1) is 18.8 Å². The van der Waals surface area contributed by atoms with Gasteiger partial charge in [0.2, 0.25) is 0 Å². The van der Waals surface area contributed by atoms with E-state index in [1.807, 2.05) is 53.7 Å². The molecule has 0 aliphatic heterocycles. The van der Waals surface area contributed by atoms with Crippen LogP contribution >= 0.6 is 0 Å². The minimum absolute atomic E-state index is 0.187. The molecule has 0 amide bonds. The lowest BCUT2D eigenvalue weighted by atomic mass is 10.4. The van der Waals surface area contributed by atoms with Gasteiger partial charge >= 0.3 is 5.97 Å². The molecule has 0 N–H and O–H groups in total. The van der Waals surface area contributed by atoms with Crippen LogP contribution in [0.25, 0.3) is 5.65 Å². The van der Waals surface area contributed by atoms with Gasteiger partial charge in [-0.2, -0.15) is 0 Å². The normalized spacial score (nSPS) is 11.1. The van der Waals surface area contributed by atoms with Crippen molar-refractivity contribution in [2.75, 3.05) is 19.7 Å². The summed E-state index contributed by atoms with van der Waals surface area (Å²) < 4.78 is 6.94. The van der Waals surface area contributed by atoms with E-state index in [-0.39, 0.29) is 5.97 Å². The monoisotopic (exact) mass is 261 g/mol. The highest BCUT2D eigenvalue weighted by Gasteiger charge is 2.12. The van der Waals surface area contributed by atoms with Crippen LogP contribution < -0.4 is 0 Å². The summed E-state index contributed by atoms with van der Waals surface area (Å²) in [6, 6.07) is 5.89. The summed E-state index contributed by atoms with van der Waals surface area (Å²) in [4.78, 5) is 18.0. The van der Waals surface area contributed by atoms with Crippen molar-refractivity contribution in [2.24, 2.45) is 0 Å². The molecule has 5 nitrogen and oxygen atoms in total. The maximum absolute atomic E-state index is 11.5. The predicted octanol–water partition coefficient (Wildman–Crippen LogP) is 1.72. The first-order valence-electron chi connectivity index (χ1n) is 6.53. The molecule has 2 rings (SSSR count). The number of aromatic nitrogens is 2. The number of nitrogens with zero attached hydrogens (tertiary/aromatic N) is 3. The van der Waals surface area contributed by atoms with Crippen molar-refractivity contribution in [3.05, 3.63) is 36.3 Å². The van der Waals surface area contributed by atoms with Crippen molar-refractivity contribution >= 4 is 11.6 Å². The molecule has 0 atom stereocenters. The van der Waals surface area contributed by atoms with E-state index in [2.05, 4.69) is 4.98 Å². The zero-order chi connectivity index (χ0) is 13.7. The Hall–Kier alpha value is -1.88. The molecule has 0 saturated carbocycles. The predicted molar refractivity (Wildman–Crippen MR) is 72.8 cm³/mol. The molecule has 0 fully saturated rings. The molecule has 0 saturated heterocycles. The van der Waals surface area contributed by atoms with Crippen LogP contribution in [0, 0.1) is 0 Å². The number of carbonyl (C=O) groups is 1. The van der Waals surface area contributed by atoms with Crippen LogP contribution in [0.5, 0.6) is 0 Å². The SMILES string of the molecule is CCOC(=O)CN(CC)Cc1cn2ccccc2n1. The van der Waals surface area contributed by atoms with Crippen molar-refractivity contribution in [3.8, 4) is 0 Å². The van der Waals surface area contributed by atoms with Gasteiger partial charge in [-0.05, 0) is 25.6 Å². The molecule has 0 aromatic carbocycles. The minimum atomic E-state index is -0.187. The molecule has 0 unspecified atom stereocenters. The smallest absolute Gasteiger partial charge is 0.320 e. The number of ether oxygens (including phenoxy) is 1. The molecule has 102 valence electrons. The highest BCUT2D eigenvalue weighted by molar-refractivity contribution is 5.71. The quantitative estimate of drug-likeness (QED) is 0.743. The number of hydrogen-bond donors (Lipinski definition) is 0. The molecule has 0 radical (unpaired) electrons. The second-order valence-corrected chi connectivity index (χ2v) is 4.31. The minimum Gasteiger partial charge on any atom is -0.465 e. The molecular formula is C14H19N3O2. The number of likely N-dealkylation sites (N-methyl/N-ethyl adjacent to an activating group) is 1. The molecule has 0 bridgehead atoms. The zero-order valence-corrected chi connectivity index (χ0v) is 11.4. The average Bonchev–Trinajstić information content (AvgIpc) is 2.80. The number of imidazole rings is 1. The van der Waals surface area contributed by atoms with Gasteiger partial charge in [0.15, 0.2) is 0 Å². The highest BCUT2D eigenvalue weighted by Crippen LogP contribution is 2.07. The third-order valence-corrected chi connectivity index (χ3v) is 2.90. The third-order valence-electron chi connectivity index (χ3n) is 2.90. The van der Waals surface area contributed by atoms with Gasteiger partial charge in [-0.15, -0.1) is 0 Å². The van der Waals surface area contributed by atoms with Crippen molar-refractivity contribution < 1.29 is 9.53 Å². The lowest BCUT2D eigenvalue weighted by Gasteiger charge is -2.17. The van der Waals surface area contributed by atoms with Crippen LogP contribution in [0.3, 0.4) is 0 Å². The third kappa shape index (κ3) is 3.54. The molecule has 2 heterocycles. The topological polar surface area (TPSA) is 46.8 Å². The Balaban J connectivity index is 2.03. The first-order valence-corrected chi connectivity index (χ1v) is 6.53. The van der Waals surface area contributed by atoms with Crippen molar-refractivity contribution in [2.45, 2.75) is 20.4 Å². The van der Waals surface area contributed by atoms with Crippen LogP contribution in [-0.4, -0.2) is 40.0 Å². The molecular weight excluding hydrogens is 242 g/mol. The Morgan fingerprint density at radius 3 is 2.95 bits per heavy atom. The van der Waals surface area contributed by atoms with E-state index in [0.717, 1.165) is 17.9 Å². The standard InChI is InChI=1S/C14H19N3O2/c1-3-16(11-14(18)19-4-2)9-12-10-17-8-6-5-7-13(17)15-12/h5-8,10H,3-4,9,11H2,1-2H3. The maximum atomic E-state index is 11.5. The molecule has 2 aromatic rings. The first kappa shape index (κ1) is 13.5. The van der Waals surface area contributed by atoms with Gasteiger partial charge < -0.3 is 9.14 Å². The van der Waals surface area contributed by atoms with E-state index in [9.17, 15) is 4.79 Å². The van der Waals surface area contributed by atoms with E-state index in [1.165, 1.54) is 0 Å². The lowest BCUT2D eigenvalue weighted by Crippen LogP contribution is -2.30. The van der Waals surface area contributed by atoms with Crippen LogP contribution in [0.2, 0.25) is 0 Å². The Morgan fingerprint density at radius 1 is 1.42 bits per heavy atom. The van der Waals surface area contributed by atoms with Gasteiger partial charge in [0, 0.05) is 18.9 Å². The van der Waals surface area contributed by atoms with Crippen LogP contribution in [0.15, 0.2) is 30.6 Å². The van der Waals surface area contributed by atoms with Crippen LogP contribution in [-0.2, 0) is 16.1 Å². The second kappa shape index (κ2) is 6.33. The summed E-state index contributed by atoms with van der Waals surface area (Å²) in [6.45, 7) is 6.00. The second-order valence-electron chi connectivity index (χ2n) is 4.31. The van der Waals surface area contributed by atoms with E-state index >= 15 is 0 Å². The fraction of sp³-hybridized carbons (Fsp3) is 0.429. The molecule has 2 aromatic heterocycles.